The van der Waals surface area contributed by atoms with Crippen molar-refractivity contribution in [2.24, 2.45) is 4.99 Å². The molecule has 74 valence electrons. The van der Waals surface area contributed by atoms with Crippen LogP contribution >= 0.6 is 0 Å². The number of hydrogen-bond acceptors (Lipinski definition) is 5. The number of hydrogen-bond donors (Lipinski definition) is 1. The Bertz CT molecular complexity index is 358. The fraction of sp³-hybridized carbons (Fsp3) is 0.333. The second-order valence-corrected chi connectivity index (χ2v) is 2.71. The highest BCUT2D eigenvalue weighted by molar-refractivity contribution is 5.37. The summed E-state index contributed by atoms with van der Waals surface area (Å²) in [5.41, 5.74) is 0. The van der Waals surface area contributed by atoms with E-state index in [1.54, 1.807) is 0 Å². The van der Waals surface area contributed by atoms with E-state index < -0.39 is 0 Å². The quantitative estimate of drug-likeness (QED) is 0.729. The zero-order chi connectivity index (χ0) is 10.6. The van der Waals surface area contributed by atoms with Crippen molar-refractivity contribution in [3.8, 4) is 0 Å². The molecule has 5 nitrogen and oxygen atoms in total. The molecule has 0 saturated heterocycles. The maximum Gasteiger partial charge on any atom is 0.231 e. The molecule has 0 amide bonds. The Labute approximate surface area is 83.0 Å². The van der Waals surface area contributed by atoms with Crippen LogP contribution < -0.4 is 5.32 Å². The van der Waals surface area contributed by atoms with Gasteiger partial charge in [0.2, 0.25) is 5.95 Å². The molecule has 0 atom stereocenters. The molecule has 0 aromatic carbocycles. The molecule has 14 heavy (non-hydrogen) atoms. The molecule has 1 rings (SSSR count). The zero-order valence-electron chi connectivity index (χ0n) is 8.41. The van der Waals surface area contributed by atoms with Gasteiger partial charge in [0.25, 0.3) is 0 Å². The van der Waals surface area contributed by atoms with Crippen molar-refractivity contribution in [2.75, 3.05) is 5.32 Å². The van der Waals surface area contributed by atoms with Crippen LogP contribution in [-0.2, 0) is 6.42 Å². The van der Waals surface area contributed by atoms with E-state index in [4.69, 9.17) is 0 Å². The third-order valence-electron chi connectivity index (χ3n) is 1.56. The Morgan fingerprint density at radius 3 is 2.71 bits per heavy atom. The summed E-state index contributed by atoms with van der Waals surface area (Å²) in [7, 11) is 0. The number of nitrogens with zero attached hydrogens (tertiary/aromatic N) is 4. The van der Waals surface area contributed by atoms with Crippen molar-refractivity contribution in [2.45, 2.75) is 20.3 Å². The van der Waals surface area contributed by atoms with Gasteiger partial charge in [-0.1, -0.05) is 13.5 Å². The lowest BCUT2D eigenvalue weighted by molar-refractivity contribution is 0.867. The van der Waals surface area contributed by atoms with Gasteiger partial charge in [0.15, 0.2) is 0 Å². The van der Waals surface area contributed by atoms with Gasteiger partial charge in [-0.15, -0.1) is 0 Å². The molecule has 5 heteroatoms. The predicted molar refractivity (Wildman–Crippen MR) is 56.3 cm³/mol. The van der Waals surface area contributed by atoms with Gasteiger partial charge in [0.1, 0.15) is 17.5 Å². The maximum atomic E-state index is 4.16. The highest BCUT2D eigenvalue weighted by Gasteiger charge is 2.01. The van der Waals surface area contributed by atoms with Crippen LogP contribution in [0.15, 0.2) is 17.4 Å². The van der Waals surface area contributed by atoms with Crippen molar-refractivity contribution in [1.82, 2.24) is 15.0 Å². The normalized spacial score (nSPS) is 9.57. The molecular formula is C9H13N5. The summed E-state index contributed by atoms with van der Waals surface area (Å²) in [5, 5.41) is 2.82. The third-order valence-corrected chi connectivity index (χ3v) is 1.56. The van der Waals surface area contributed by atoms with E-state index in [2.05, 4.69) is 38.6 Å². The van der Waals surface area contributed by atoms with Gasteiger partial charge in [-0.25, -0.2) is 9.98 Å². The summed E-state index contributed by atoms with van der Waals surface area (Å²) in [5.74, 6) is 2.32. The Morgan fingerprint density at radius 1 is 1.43 bits per heavy atom. The number of nitrogens with one attached hydrogen (secondary N) is 1. The number of aryl methyl sites for hydroxylation is 2. The molecule has 0 aliphatic rings. The molecule has 0 fully saturated rings. The fourth-order valence-electron chi connectivity index (χ4n) is 0.920. The summed E-state index contributed by atoms with van der Waals surface area (Å²) in [6, 6.07) is 0. The lowest BCUT2D eigenvalue weighted by Crippen LogP contribution is -2.06. The van der Waals surface area contributed by atoms with Crippen LogP contribution in [0.1, 0.15) is 18.6 Å². The van der Waals surface area contributed by atoms with Crippen LogP contribution in [0, 0.1) is 6.92 Å². The number of rotatable bonds is 4. The Hall–Kier alpha value is -1.78. The predicted octanol–water partition coefficient (Wildman–Crippen LogP) is 1.33. The largest absolute Gasteiger partial charge is 0.309 e. The SMILES string of the molecule is C=NC(=C)Nc1nc(C)nc(CC)n1. The second kappa shape index (κ2) is 4.45. The minimum absolute atomic E-state index is 0.428. The van der Waals surface area contributed by atoms with Gasteiger partial charge in [-0.2, -0.15) is 9.97 Å². The van der Waals surface area contributed by atoms with E-state index in [-0.39, 0.29) is 0 Å². The van der Waals surface area contributed by atoms with Crippen molar-refractivity contribution in [3.05, 3.63) is 24.0 Å². The van der Waals surface area contributed by atoms with E-state index in [0.717, 1.165) is 12.2 Å². The van der Waals surface area contributed by atoms with Crippen LogP contribution in [0.25, 0.3) is 0 Å². The molecular weight excluding hydrogens is 178 g/mol. The molecule has 1 N–H and O–H groups in total. The van der Waals surface area contributed by atoms with E-state index in [0.29, 0.717) is 17.6 Å². The first-order valence-corrected chi connectivity index (χ1v) is 4.30. The molecule has 0 unspecified atom stereocenters. The Balaban J connectivity index is 2.91. The van der Waals surface area contributed by atoms with Gasteiger partial charge >= 0.3 is 0 Å². The minimum Gasteiger partial charge on any atom is -0.309 e. The first-order chi connectivity index (χ1) is 6.65. The van der Waals surface area contributed by atoms with E-state index >= 15 is 0 Å². The summed E-state index contributed by atoms with van der Waals surface area (Å²) in [6.45, 7) is 10.8. The highest BCUT2D eigenvalue weighted by Crippen LogP contribution is 2.04. The molecule has 0 aliphatic heterocycles. The van der Waals surface area contributed by atoms with Crippen molar-refractivity contribution >= 4 is 12.7 Å². The Morgan fingerprint density at radius 2 is 2.14 bits per heavy atom. The lowest BCUT2D eigenvalue weighted by Gasteiger charge is -2.04. The fourth-order valence-corrected chi connectivity index (χ4v) is 0.920. The van der Waals surface area contributed by atoms with Crippen LogP contribution in [0.3, 0.4) is 0 Å². The first-order valence-electron chi connectivity index (χ1n) is 4.30. The van der Waals surface area contributed by atoms with Gasteiger partial charge < -0.3 is 5.32 Å². The first kappa shape index (κ1) is 10.3. The maximum absolute atomic E-state index is 4.16. The molecule has 1 heterocycles. The van der Waals surface area contributed by atoms with Crippen molar-refractivity contribution in [1.29, 1.82) is 0 Å². The molecule has 0 spiro atoms. The van der Waals surface area contributed by atoms with Gasteiger partial charge in [-0.05, 0) is 13.6 Å². The molecule has 0 saturated carbocycles. The number of aliphatic imine (C=N–C) groups is 1. The molecule has 1 aromatic heterocycles. The lowest BCUT2D eigenvalue weighted by atomic mass is 10.4. The zero-order valence-corrected chi connectivity index (χ0v) is 8.41. The van der Waals surface area contributed by atoms with Crippen LogP contribution in [0.4, 0.5) is 5.95 Å². The van der Waals surface area contributed by atoms with E-state index in [1.165, 1.54) is 0 Å². The summed E-state index contributed by atoms with van der Waals surface area (Å²) >= 11 is 0. The van der Waals surface area contributed by atoms with Crippen molar-refractivity contribution < 1.29 is 0 Å². The van der Waals surface area contributed by atoms with Crippen LogP contribution in [0.5, 0.6) is 0 Å². The second-order valence-electron chi connectivity index (χ2n) is 2.71. The smallest absolute Gasteiger partial charge is 0.231 e. The molecule has 1 aromatic rings. The summed E-state index contributed by atoms with van der Waals surface area (Å²) in [6.07, 6.45) is 0.770. The molecule has 0 radical (unpaired) electrons. The van der Waals surface area contributed by atoms with E-state index in [1.807, 2.05) is 13.8 Å². The van der Waals surface area contributed by atoms with Gasteiger partial charge in [-0.3, -0.25) is 0 Å². The Kier molecular flexibility index (Phi) is 3.28. The summed E-state index contributed by atoms with van der Waals surface area (Å²) in [4.78, 5) is 16.0. The third kappa shape index (κ3) is 2.62. The standard InChI is InChI=1S/C9H13N5/c1-5-8-11-7(3)13-9(14-8)12-6(2)10-4/h2,4-5H2,1,3H3,(H,11,12,13,14). The van der Waals surface area contributed by atoms with Gasteiger partial charge in [0, 0.05) is 6.42 Å². The average Bonchev–Trinajstić information content (AvgIpc) is 2.16. The van der Waals surface area contributed by atoms with Crippen LogP contribution in [-0.4, -0.2) is 21.7 Å². The number of anilines is 1. The van der Waals surface area contributed by atoms with Crippen molar-refractivity contribution in [3.63, 3.8) is 0 Å². The highest BCUT2D eigenvalue weighted by atomic mass is 15.2. The minimum atomic E-state index is 0.428. The van der Waals surface area contributed by atoms with E-state index in [9.17, 15) is 0 Å². The summed E-state index contributed by atoms with van der Waals surface area (Å²) < 4.78 is 0. The topological polar surface area (TPSA) is 63.1 Å². The molecule has 0 bridgehead atoms. The van der Waals surface area contributed by atoms with Gasteiger partial charge in [0.05, 0.1) is 0 Å². The number of aromatic nitrogens is 3. The average molecular weight is 191 g/mol. The monoisotopic (exact) mass is 191 g/mol. The molecule has 0 aliphatic carbocycles. The van der Waals surface area contributed by atoms with Crippen LogP contribution in [0.2, 0.25) is 0 Å².